The predicted octanol–water partition coefficient (Wildman–Crippen LogP) is 1.00. The van der Waals surface area contributed by atoms with Gasteiger partial charge >= 0.3 is 0 Å². The van der Waals surface area contributed by atoms with Gasteiger partial charge in [-0.2, -0.15) is 11.8 Å². The van der Waals surface area contributed by atoms with Gasteiger partial charge in [0.15, 0.2) is 5.96 Å². The van der Waals surface area contributed by atoms with E-state index in [1.165, 1.54) is 43.9 Å². The molecule has 1 aliphatic carbocycles. The van der Waals surface area contributed by atoms with Crippen molar-refractivity contribution in [1.29, 1.82) is 0 Å². The number of hydrogen-bond acceptors (Lipinski definition) is 3. The molecule has 18 heavy (non-hydrogen) atoms. The summed E-state index contributed by atoms with van der Waals surface area (Å²) in [7, 11) is 1.85. The molecule has 0 amide bonds. The molecule has 0 bridgehead atoms. The van der Waals surface area contributed by atoms with Crippen LogP contribution in [0.3, 0.4) is 0 Å². The van der Waals surface area contributed by atoms with E-state index in [9.17, 15) is 0 Å². The van der Waals surface area contributed by atoms with Crippen LogP contribution in [0.5, 0.6) is 0 Å². The summed E-state index contributed by atoms with van der Waals surface area (Å²) >= 11 is 2.07. The molecular formula is C13H26N4S. The van der Waals surface area contributed by atoms with Gasteiger partial charge in [0.05, 0.1) is 0 Å². The van der Waals surface area contributed by atoms with Crippen molar-refractivity contribution in [2.75, 3.05) is 51.3 Å². The van der Waals surface area contributed by atoms with E-state index in [1.807, 2.05) is 7.05 Å². The lowest BCUT2D eigenvalue weighted by atomic mass is 9.85. The second-order valence-corrected chi connectivity index (χ2v) is 6.36. The fourth-order valence-corrected chi connectivity index (χ4v) is 3.29. The molecular weight excluding hydrogens is 244 g/mol. The highest BCUT2D eigenvalue weighted by Gasteiger charge is 2.17. The minimum atomic E-state index is 0.877. The van der Waals surface area contributed by atoms with Gasteiger partial charge in [0.25, 0.3) is 0 Å². The number of nitrogens with one attached hydrogen (secondary N) is 2. The Kier molecular flexibility index (Phi) is 6.14. The van der Waals surface area contributed by atoms with Crippen molar-refractivity contribution in [2.45, 2.75) is 19.3 Å². The Labute approximate surface area is 115 Å². The van der Waals surface area contributed by atoms with Crippen molar-refractivity contribution in [1.82, 2.24) is 15.5 Å². The van der Waals surface area contributed by atoms with Crippen LogP contribution in [0.2, 0.25) is 0 Å². The van der Waals surface area contributed by atoms with Crippen LogP contribution in [0.15, 0.2) is 4.99 Å². The van der Waals surface area contributed by atoms with E-state index in [-0.39, 0.29) is 0 Å². The molecule has 0 unspecified atom stereocenters. The third-order valence-corrected chi connectivity index (χ3v) is 4.77. The molecule has 1 saturated heterocycles. The van der Waals surface area contributed by atoms with Crippen LogP contribution >= 0.6 is 11.8 Å². The zero-order valence-electron chi connectivity index (χ0n) is 11.5. The standard InChI is InChI=1S/C13H26N4S/c1-14-13(16-11-12-3-2-4-12)15-5-6-17-7-9-18-10-8-17/h12H,2-11H2,1H3,(H2,14,15,16). The van der Waals surface area contributed by atoms with Crippen LogP contribution in [0.1, 0.15) is 19.3 Å². The molecule has 0 aromatic heterocycles. The van der Waals surface area contributed by atoms with Crippen LogP contribution in [0.4, 0.5) is 0 Å². The third-order valence-electron chi connectivity index (χ3n) is 3.83. The first-order chi connectivity index (χ1) is 8.88. The number of rotatable bonds is 5. The second kappa shape index (κ2) is 7.89. The highest BCUT2D eigenvalue weighted by atomic mass is 32.2. The van der Waals surface area contributed by atoms with Gasteiger partial charge in [-0.3, -0.25) is 9.89 Å². The molecule has 1 saturated carbocycles. The zero-order chi connectivity index (χ0) is 12.6. The minimum absolute atomic E-state index is 0.877. The van der Waals surface area contributed by atoms with Crippen molar-refractivity contribution in [3.05, 3.63) is 0 Å². The quantitative estimate of drug-likeness (QED) is 0.577. The van der Waals surface area contributed by atoms with Crippen molar-refractivity contribution in [3.8, 4) is 0 Å². The maximum atomic E-state index is 4.27. The average molecular weight is 270 g/mol. The summed E-state index contributed by atoms with van der Waals surface area (Å²) in [5.74, 6) is 4.42. The van der Waals surface area contributed by atoms with Gasteiger partial charge in [0.1, 0.15) is 0 Å². The van der Waals surface area contributed by atoms with E-state index in [0.717, 1.165) is 31.5 Å². The van der Waals surface area contributed by atoms with E-state index in [1.54, 1.807) is 0 Å². The van der Waals surface area contributed by atoms with E-state index in [4.69, 9.17) is 0 Å². The van der Waals surface area contributed by atoms with Gasteiger partial charge in [0, 0.05) is 51.3 Å². The summed E-state index contributed by atoms with van der Waals surface area (Å²) in [5.41, 5.74) is 0. The molecule has 5 heteroatoms. The van der Waals surface area contributed by atoms with Gasteiger partial charge in [0.2, 0.25) is 0 Å². The van der Waals surface area contributed by atoms with Crippen LogP contribution in [-0.2, 0) is 0 Å². The summed E-state index contributed by atoms with van der Waals surface area (Å²) in [6.07, 6.45) is 4.18. The summed E-state index contributed by atoms with van der Waals surface area (Å²) in [4.78, 5) is 6.80. The highest BCUT2D eigenvalue weighted by Crippen LogP contribution is 2.24. The first-order valence-corrected chi connectivity index (χ1v) is 8.28. The molecule has 0 atom stereocenters. The average Bonchev–Trinajstić information content (AvgIpc) is 2.36. The molecule has 0 radical (unpaired) electrons. The Morgan fingerprint density at radius 3 is 2.67 bits per heavy atom. The lowest BCUT2D eigenvalue weighted by molar-refractivity contribution is 0.304. The Hall–Kier alpha value is -0.420. The molecule has 0 aromatic rings. The minimum Gasteiger partial charge on any atom is -0.356 e. The van der Waals surface area contributed by atoms with Crippen molar-refractivity contribution >= 4 is 17.7 Å². The van der Waals surface area contributed by atoms with Crippen molar-refractivity contribution in [2.24, 2.45) is 10.9 Å². The Balaban J connectivity index is 1.55. The smallest absolute Gasteiger partial charge is 0.191 e. The van der Waals surface area contributed by atoms with E-state index in [0.29, 0.717) is 0 Å². The maximum absolute atomic E-state index is 4.27. The van der Waals surface area contributed by atoms with Gasteiger partial charge < -0.3 is 10.6 Å². The van der Waals surface area contributed by atoms with Crippen molar-refractivity contribution in [3.63, 3.8) is 0 Å². The molecule has 2 fully saturated rings. The summed E-state index contributed by atoms with van der Waals surface area (Å²) < 4.78 is 0. The Morgan fingerprint density at radius 2 is 2.06 bits per heavy atom. The third kappa shape index (κ3) is 4.69. The summed E-state index contributed by atoms with van der Waals surface area (Å²) in [6.45, 7) is 5.68. The second-order valence-electron chi connectivity index (χ2n) is 5.13. The van der Waals surface area contributed by atoms with Gasteiger partial charge in [-0.25, -0.2) is 0 Å². The fourth-order valence-electron chi connectivity index (χ4n) is 2.32. The number of guanidine groups is 1. The molecule has 0 spiro atoms. The number of aliphatic imine (C=N–C) groups is 1. The van der Waals surface area contributed by atoms with Gasteiger partial charge in [-0.1, -0.05) is 6.42 Å². The lowest BCUT2D eigenvalue weighted by Crippen LogP contribution is -2.45. The summed E-state index contributed by atoms with van der Waals surface area (Å²) in [6, 6.07) is 0. The molecule has 0 aromatic carbocycles. The highest BCUT2D eigenvalue weighted by molar-refractivity contribution is 7.99. The van der Waals surface area contributed by atoms with E-state index in [2.05, 4.69) is 32.3 Å². The Bertz CT molecular complexity index is 260. The van der Waals surface area contributed by atoms with Crippen LogP contribution < -0.4 is 10.6 Å². The topological polar surface area (TPSA) is 39.7 Å². The van der Waals surface area contributed by atoms with E-state index >= 15 is 0 Å². The first-order valence-electron chi connectivity index (χ1n) is 7.13. The largest absolute Gasteiger partial charge is 0.356 e. The molecule has 2 N–H and O–H groups in total. The molecule has 2 rings (SSSR count). The van der Waals surface area contributed by atoms with Gasteiger partial charge in [-0.05, 0) is 18.8 Å². The lowest BCUT2D eigenvalue weighted by Gasteiger charge is -2.28. The SMILES string of the molecule is CN=C(NCCN1CCSCC1)NCC1CCC1. The molecule has 104 valence electrons. The maximum Gasteiger partial charge on any atom is 0.191 e. The molecule has 2 aliphatic rings. The molecule has 1 heterocycles. The number of hydrogen-bond donors (Lipinski definition) is 2. The summed E-state index contributed by atoms with van der Waals surface area (Å²) in [5, 5.41) is 6.84. The number of nitrogens with zero attached hydrogens (tertiary/aromatic N) is 2. The number of thioether (sulfide) groups is 1. The van der Waals surface area contributed by atoms with Crippen LogP contribution in [0.25, 0.3) is 0 Å². The molecule has 4 nitrogen and oxygen atoms in total. The van der Waals surface area contributed by atoms with Crippen LogP contribution in [-0.4, -0.2) is 62.1 Å². The molecule has 1 aliphatic heterocycles. The zero-order valence-corrected chi connectivity index (χ0v) is 12.3. The predicted molar refractivity (Wildman–Crippen MR) is 80.5 cm³/mol. The van der Waals surface area contributed by atoms with E-state index < -0.39 is 0 Å². The fraction of sp³-hybridized carbons (Fsp3) is 0.923. The van der Waals surface area contributed by atoms with Gasteiger partial charge in [-0.15, -0.1) is 0 Å². The normalized spacial score (nSPS) is 22.6. The van der Waals surface area contributed by atoms with Crippen LogP contribution in [0, 0.1) is 5.92 Å². The monoisotopic (exact) mass is 270 g/mol. The first kappa shape index (κ1) is 14.0. The van der Waals surface area contributed by atoms with Crippen molar-refractivity contribution < 1.29 is 0 Å². The Morgan fingerprint density at radius 1 is 1.28 bits per heavy atom.